The quantitative estimate of drug-likeness (QED) is 0.596. The number of halogens is 1. The van der Waals surface area contributed by atoms with Crippen LogP contribution < -0.4 is 0 Å². The fourth-order valence-corrected chi connectivity index (χ4v) is 1.85. The summed E-state index contributed by atoms with van der Waals surface area (Å²) in [5, 5.41) is 10.4. The monoisotopic (exact) mass is 238 g/mol. The minimum Gasteiger partial charge on any atom is -0.338 e. The molecule has 0 aliphatic carbocycles. The molecule has 0 unspecified atom stereocenters. The van der Waals surface area contributed by atoms with Gasteiger partial charge in [-0.15, -0.1) is 0 Å². The molecule has 0 bridgehead atoms. The molecule has 2 rings (SSSR count). The smallest absolute Gasteiger partial charge is 0.272 e. The Hall–Kier alpha value is -1.98. The highest BCUT2D eigenvalue weighted by Crippen LogP contribution is 2.20. The van der Waals surface area contributed by atoms with Crippen molar-refractivity contribution in [1.29, 1.82) is 0 Å². The molecule has 0 saturated carbocycles. The highest BCUT2D eigenvalue weighted by atomic mass is 19.1. The zero-order chi connectivity index (χ0) is 12.4. The molecule has 1 amide bonds. The lowest BCUT2D eigenvalue weighted by Crippen LogP contribution is -2.24. The normalized spacial score (nSPS) is 15.4. The van der Waals surface area contributed by atoms with Gasteiger partial charge in [-0.25, -0.2) is 4.39 Å². The molecule has 1 heterocycles. The van der Waals surface area contributed by atoms with Crippen molar-refractivity contribution in [2.75, 3.05) is 6.54 Å². The predicted octanol–water partition coefficient (Wildman–Crippen LogP) is 1.86. The minimum absolute atomic E-state index is 0.00255. The average Bonchev–Trinajstić information content (AvgIpc) is 2.67. The Bertz CT molecular complexity index is 476. The summed E-state index contributed by atoms with van der Waals surface area (Å²) in [6, 6.07) is 3.49. The van der Waals surface area contributed by atoms with Crippen LogP contribution in [0.1, 0.15) is 18.4 Å². The third-order valence-corrected chi connectivity index (χ3v) is 2.78. The number of carbonyl (C=O) groups excluding carboxylic acids is 1. The maximum atomic E-state index is 13.5. The van der Waals surface area contributed by atoms with E-state index in [1.807, 2.05) is 0 Å². The largest absolute Gasteiger partial charge is 0.338 e. The van der Waals surface area contributed by atoms with Crippen molar-refractivity contribution in [3.05, 3.63) is 39.7 Å². The molecule has 1 aromatic carbocycles. The molecular formula is C11H11FN2O3. The molecule has 17 heavy (non-hydrogen) atoms. The van der Waals surface area contributed by atoms with Crippen molar-refractivity contribution in [3.63, 3.8) is 0 Å². The van der Waals surface area contributed by atoms with Crippen LogP contribution in [0, 0.1) is 15.9 Å². The summed E-state index contributed by atoms with van der Waals surface area (Å²) in [6.45, 7) is 0.803. The van der Waals surface area contributed by atoms with E-state index in [2.05, 4.69) is 0 Å². The summed E-state index contributed by atoms with van der Waals surface area (Å²) in [5.41, 5.74) is 0.0323. The molecule has 1 fully saturated rings. The zero-order valence-corrected chi connectivity index (χ0v) is 9.06. The van der Waals surface area contributed by atoms with E-state index in [4.69, 9.17) is 0 Å². The van der Waals surface area contributed by atoms with Gasteiger partial charge in [0.1, 0.15) is 5.82 Å². The van der Waals surface area contributed by atoms with Gasteiger partial charge in [0.2, 0.25) is 5.91 Å². The minimum atomic E-state index is -0.645. The van der Waals surface area contributed by atoms with Gasteiger partial charge in [-0.3, -0.25) is 14.9 Å². The van der Waals surface area contributed by atoms with Crippen molar-refractivity contribution in [2.24, 2.45) is 0 Å². The number of nitrogens with zero attached hydrogens (tertiary/aromatic N) is 2. The molecule has 0 N–H and O–H groups in total. The first-order valence-corrected chi connectivity index (χ1v) is 5.28. The second kappa shape index (κ2) is 4.48. The molecule has 1 aromatic rings. The Balaban J connectivity index is 2.16. The van der Waals surface area contributed by atoms with Gasteiger partial charge >= 0.3 is 0 Å². The topological polar surface area (TPSA) is 63.5 Å². The summed E-state index contributed by atoms with van der Waals surface area (Å²) >= 11 is 0. The molecule has 6 heteroatoms. The third kappa shape index (κ3) is 2.41. The van der Waals surface area contributed by atoms with E-state index < -0.39 is 10.7 Å². The van der Waals surface area contributed by atoms with Crippen molar-refractivity contribution < 1.29 is 14.1 Å². The first kappa shape index (κ1) is 11.5. The van der Waals surface area contributed by atoms with Gasteiger partial charge in [0.15, 0.2) is 0 Å². The number of non-ortho nitro benzene ring substituents is 1. The Morgan fingerprint density at radius 3 is 2.76 bits per heavy atom. The maximum Gasteiger partial charge on any atom is 0.272 e. The van der Waals surface area contributed by atoms with E-state index in [0.29, 0.717) is 18.5 Å². The predicted molar refractivity (Wildman–Crippen MR) is 57.7 cm³/mol. The number of rotatable bonds is 3. The fourth-order valence-electron chi connectivity index (χ4n) is 1.85. The van der Waals surface area contributed by atoms with Crippen molar-refractivity contribution in [2.45, 2.75) is 19.4 Å². The summed E-state index contributed by atoms with van der Waals surface area (Å²) in [7, 11) is 0. The second-order valence-corrected chi connectivity index (χ2v) is 3.95. The van der Waals surface area contributed by atoms with E-state index in [0.717, 1.165) is 12.5 Å². The summed E-state index contributed by atoms with van der Waals surface area (Å²) < 4.78 is 13.5. The number of hydrogen-bond donors (Lipinski definition) is 0. The van der Waals surface area contributed by atoms with Gasteiger partial charge in [-0.05, 0) is 12.5 Å². The second-order valence-electron chi connectivity index (χ2n) is 3.95. The maximum absolute atomic E-state index is 13.5. The van der Waals surface area contributed by atoms with Crippen LogP contribution >= 0.6 is 0 Å². The van der Waals surface area contributed by atoms with Crippen LogP contribution in [0.25, 0.3) is 0 Å². The molecule has 1 aliphatic rings. The SMILES string of the molecule is O=C1CCCN1Cc1ccc([N+](=O)[O-])cc1F. The van der Waals surface area contributed by atoms with Gasteiger partial charge in [0.05, 0.1) is 11.0 Å². The van der Waals surface area contributed by atoms with Crippen molar-refractivity contribution in [1.82, 2.24) is 4.90 Å². The van der Waals surface area contributed by atoms with E-state index in [-0.39, 0.29) is 18.1 Å². The highest BCUT2D eigenvalue weighted by Gasteiger charge is 2.21. The average molecular weight is 238 g/mol. The lowest BCUT2D eigenvalue weighted by molar-refractivity contribution is -0.385. The van der Waals surface area contributed by atoms with Crippen LogP contribution in [0.3, 0.4) is 0 Å². The number of hydrogen-bond acceptors (Lipinski definition) is 3. The number of nitro benzene ring substituents is 1. The molecule has 90 valence electrons. The van der Waals surface area contributed by atoms with E-state index in [1.54, 1.807) is 4.90 Å². The summed E-state index contributed by atoms with van der Waals surface area (Å²) in [6.07, 6.45) is 1.28. The van der Waals surface area contributed by atoms with Crippen LogP contribution in [0.5, 0.6) is 0 Å². The van der Waals surface area contributed by atoms with E-state index in [9.17, 15) is 19.3 Å². The highest BCUT2D eigenvalue weighted by molar-refractivity contribution is 5.78. The van der Waals surface area contributed by atoms with Crippen LogP contribution in [0.2, 0.25) is 0 Å². The Kier molecular flexibility index (Phi) is 3.03. The number of benzene rings is 1. The van der Waals surface area contributed by atoms with E-state index >= 15 is 0 Å². The Morgan fingerprint density at radius 1 is 1.47 bits per heavy atom. The first-order chi connectivity index (χ1) is 8.08. The Morgan fingerprint density at radius 2 is 2.24 bits per heavy atom. The molecule has 0 atom stereocenters. The van der Waals surface area contributed by atoms with Gasteiger partial charge in [-0.2, -0.15) is 0 Å². The number of likely N-dealkylation sites (tertiary alicyclic amines) is 1. The molecular weight excluding hydrogens is 227 g/mol. The molecule has 5 nitrogen and oxygen atoms in total. The number of carbonyl (C=O) groups is 1. The standard InChI is InChI=1S/C11H11FN2O3/c12-10-6-9(14(16)17)4-3-8(10)7-13-5-1-2-11(13)15/h3-4,6H,1-2,5,7H2. The van der Waals surface area contributed by atoms with Crippen molar-refractivity contribution >= 4 is 11.6 Å². The fraction of sp³-hybridized carbons (Fsp3) is 0.364. The van der Waals surface area contributed by atoms with Gasteiger partial charge in [-0.1, -0.05) is 0 Å². The van der Waals surface area contributed by atoms with Gasteiger partial charge < -0.3 is 4.90 Å². The van der Waals surface area contributed by atoms with Gasteiger partial charge in [0, 0.05) is 31.1 Å². The molecule has 0 radical (unpaired) electrons. The molecule has 0 aromatic heterocycles. The van der Waals surface area contributed by atoms with E-state index in [1.165, 1.54) is 12.1 Å². The van der Waals surface area contributed by atoms with Crippen LogP contribution in [0.4, 0.5) is 10.1 Å². The van der Waals surface area contributed by atoms with Crippen molar-refractivity contribution in [3.8, 4) is 0 Å². The first-order valence-electron chi connectivity index (χ1n) is 5.28. The molecule has 1 aliphatic heterocycles. The lowest BCUT2D eigenvalue weighted by atomic mass is 10.2. The van der Waals surface area contributed by atoms with Crippen LogP contribution in [0.15, 0.2) is 18.2 Å². The number of amides is 1. The lowest BCUT2D eigenvalue weighted by Gasteiger charge is -2.15. The third-order valence-electron chi connectivity index (χ3n) is 2.78. The summed E-state index contributed by atoms with van der Waals surface area (Å²) in [4.78, 5) is 22.7. The molecule has 0 spiro atoms. The zero-order valence-electron chi connectivity index (χ0n) is 9.06. The summed E-state index contributed by atoms with van der Waals surface area (Å²) in [5.74, 6) is -0.637. The Labute approximate surface area is 97.0 Å². The molecule has 1 saturated heterocycles. The van der Waals surface area contributed by atoms with Crippen LogP contribution in [-0.4, -0.2) is 22.3 Å². The van der Waals surface area contributed by atoms with Crippen LogP contribution in [-0.2, 0) is 11.3 Å². The van der Waals surface area contributed by atoms with Gasteiger partial charge in [0.25, 0.3) is 5.69 Å². The number of nitro groups is 1.